The topological polar surface area (TPSA) is 21.3 Å². The van der Waals surface area contributed by atoms with Crippen molar-refractivity contribution in [3.63, 3.8) is 0 Å². The van der Waals surface area contributed by atoms with Gasteiger partial charge in [-0.3, -0.25) is 0 Å². The molecule has 0 aromatic heterocycles. The van der Waals surface area contributed by atoms with Crippen LogP contribution in [0, 0.1) is 0 Å². The van der Waals surface area contributed by atoms with Crippen LogP contribution < -0.4 is 10.1 Å². The molecule has 2 nitrogen and oxygen atoms in total. The summed E-state index contributed by atoms with van der Waals surface area (Å²) in [5.41, 5.74) is 1.33. The third-order valence-corrected chi connectivity index (χ3v) is 5.07. The molecule has 2 unspecified atom stereocenters. The Hall–Kier alpha value is -0.670. The summed E-state index contributed by atoms with van der Waals surface area (Å²) in [6, 6.07) is 9.41. The molecule has 1 aromatic carbocycles. The van der Waals surface area contributed by atoms with Crippen LogP contribution in [0.2, 0.25) is 0 Å². The highest BCUT2D eigenvalue weighted by Gasteiger charge is 2.23. The average Bonchev–Trinajstić information content (AvgIpc) is 2.41. The van der Waals surface area contributed by atoms with Gasteiger partial charge in [-0.15, -0.1) is 0 Å². The van der Waals surface area contributed by atoms with Crippen molar-refractivity contribution in [2.24, 2.45) is 0 Å². The van der Waals surface area contributed by atoms with Crippen LogP contribution in [0.5, 0.6) is 5.75 Å². The average molecular weight is 265 g/mol. The Labute approximate surface area is 114 Å². The molecule has 1 heterocycles. The van der Waals surface area contributed by atoms with E-state index in [0.29, 0.717) is 12.1 Å². The van der Waals surface area contributed by atoms with Crippen LogP contribution in [-0.4, -0.2) is 24.2 Å². The number of ether oxygens (including phenoxy) is 1. The van der Waals surface area contributed by atoms with E-state index in [2.05, 4.69) is 43.1 Å². The summed E-state index contributed by atoms with van der Waals surface area (Å²) in [6.07, 6.45) is 2.64. The molecule has 0 spiro atoms. The molecule has 18 heavy (non-hydrogen) atoms. The fourth-order valence-electron chi connectivity index (χ4n) is 2.45. The van der Waals surface area contributed by atoms with Gasteiger partial charge in [0.05, 0.1) is 7.11 Å². The van der Waals surface area contributed by atoms with Crippen molar-refractivity contribution in [2.45, 2.75) is 44.0 Å². The number of nitrogens with one attached hydrogen (secondary N) is 1. The highest BCUT2D eigenvalue weighted by atomic mass is 32.2. The molecule has 0 amide bonds. The SMILES string of the molecule is COc1ccc([C@H](C)NC2CCCSC2C)cc1. The summed E-state index contributed by atoms with van der Waals surface area (Å²) >= 11 is 2.09. The van der Waals surface area contributed by atoms with Gasteiger partial charge in [0.2, 0.25) is 0 Å². The largest absolute Gasteiger partial charge is 0.497 e. The number of methoxy groups -OCH3 is 1. The lowest BCUT2D eigenvalue weighted by atomic mass is 10.0. The summed E-state index contributed by atoms with van der Waals surface area (Å²) in [5, 5.41) is 4.48. The van der Waals surface area contributed by atoms with Crippen LogP contribution in [0.3, 0.4) is 0 Å². The lowest BCUT2D eigenvalue weighted by molar-refractivity contribution is 0.410. The van der Waals surface area contributed by atoms with Crippen molar-refractivity contribution in [2.75, 3.05) is 12.9 Å². The summed E-state index contributed by atoms with van der Waals surface area (Å²) < 4.78 is 5.19. The van der Waals surface area contributed by atoms with Crippen molar-refractivity contribution >= 4 is 11.8 Å². The molecule has 1 saturated heterocycles. The Balaban J connectivity index is 1.95. The first kappa shape index (κ1) is 13.8. The normalized spacial score (nSPS) is 25.7. The van der Waals surface area contributed by atoms with E-state index < -0.39 is 0 Å². The second-order valence-electron chi connectivity index (χ2n) is 4.99. The predicted molar refractivity (Wildman–Crippen MR) is 79.5 cm³/mol. The third kappa shape index (κ3) is 3.42. The zero-order valence-corrected chi connectivity index (χ0v) is 12.3. The van der Waals surface area contributed by atoms with Crippen LogP contribution >= 0.6 is 11.8 Å². The zero-order chi connectivity index (χ0) is 13.0. The van der Waals surface area contributed by atoms with Crippen LogP contribution in [-0.2, 0) is 0 Å². The second-order valence-corrected chi connectivity index (χ2v) is 6.47. The number of rotatable bonds is 4. The fraction of sp³-hybridized carbons (Fsp3) is 0.600. The minimum absolute atomic E-state index is 0.405. The highest BCUT2D eigenvalue weighted by Crippen LogP contribution is 2.27. The van der Waals surface area contributed by atoms with Gasteiger partial charge in [-0.05, 0) is 43.2 Å². The van der Waals surface area contributed by atoms with Crippen LogP contribution in [0.1, 0.15) is 38.3 Å². The second kappa shape index (κ2) is 6.48. The molecule has 1 fully saturated rings. The molecular formula is C15H23NOS. The Kier molecular flexibility index (Phi) is 4.95. The Morgan fingerprint density at radius 2 is 2.06 bits per heavy atom. The Bertz CT molecular complexity index is 365. The first-order chi connectivity index (χ1) is 8.70. The van der Waals surface area contributed by atoms with Crippen LogP contribution in [0.15, 0.2) is 24.3 Å². The van der Waals surface area contributed by atoms with Crippen molar-refractivity contribution in [3.8, 4) is 5.75 Å². The number of hydrogen-bond acceptors (Lipinski definition) is 3. The molecule has 2 rings (SSSR count). The maximum Gasteiger partial charge on any atom is 0.118 e. The quantitative estimate of drug-likeness (QED) is 0.898. The van der Waals surface area contributed by atoms with E-state index in [1.165, 1.54) is 24.2 Å². The molecule has 1 aliphatic heterocycles. The summed E-state index contributed by atoms with van der Waals surface area (Å²) in [5.74, 6) is 2.24. The van der Waals surface area contributed by atoms with Gasteiger partial charge in [0.1, 0.15) is 5.75 Å². The van der Waals surface area contributed by atoms with Gasteiger partial charge in [0.25, 0.3) is 0 Å². The molecule has 100 valence electrons. The van der Waals surface area contributed by atoms with Crippen LogP contribution in [0.4, 0.5) is 0 Å². The lowest BCUT2D eigenvalue weighted by Gasteiger charge is -2.32. The van der Waals surface area contributed by atoms with Gasteiger partial charge in [-0.25, -0.2) is 0 Å². The van der Waals surface area contributed by atoms with Gasteiger partial charge in [-0.2, -0.15) is 11.8 Å². The summed E-state index contributed by atoms with van der Waals surface area (Å²) in [4.78, 5) is 0. The van der Waals surface area contributed by atoms with Gasteiger partial charge in [-0.1, -0.05) is 19.1 Å². The monoisotopic (exact) mass is 265 g/mol. The number of hydrogen-bond donors (Lipinski definition) is 1. The predicted octanol–water partition coefficient (Wildman–Crippen LogP) is 3.63. The molecule has 1 N–H and O–H groups in total. The van der Waals surface area contributed by atoms with E-state index >= 15 is 0 Å². The molecule has 0 radical (unpaired) electrons. The third-order valence-electron chi connectivity index (χ3n) is 3.69. The van der Waals surface area contributed by atoms with Crippen LogP contribution in [0.25, 0.3) is 0 Å². The minimum atomic E-state index is 0.405. The first-order valence-corrected chi connectivity index (χ1v) is 7.77. The fourth-order valence-corrected chi connectivity index (χ4v) is 3.60. The Morgan fingerprint density at radius 3 is 2.67 bits per heavy atom. The zero-order valence-electron chi connectivity index (χ0n) is 11.5. The van der Waals surface area contributed by atoms with E-state index in [4.69, 9.17) is 4.74 Å². The first-order valence-electron chi connectivity index (χ1n) is 6.72. The summed E-state index contributed by atoms with van der Waals surface area (Å²) in [7, 11) is 1.71. The Morgan fingerprint density at radius 1 is 1.33 bits per heavy atom. The van der Waals surface area contributed by atoms with Gasteiger partial charge in [0, 0.05) is 17.3 Å². The number of thioether (sulfide) groups is 1. The molecule has 3 heteroatoms. The molecule has 1 aliphatic rings. The maximum absolute atomic E-state index is 5.19. The lowest BCUT2D eigenvalue weighted by Crippen LogP contribution is -2.40. The highest BCUT2D eigenvalue weighted by molar-refractivity contribution is 7.99. The van der Waals surface area contributed by atoms with Gasteiger partial charge < -0.3 is 10.1 Å². The van der Waals surface area contributed by atoms with E-state index in [-0.39, 0.29) is 0 Å². The molecule has 0 saturated carbocycles. The molecule has 3 atom stereocenters. The molecule has 1 aromatic rings. The molecule has 0 aliphatic carbocycles. The maximum atomic E-state index is 5.19. The van der Waals surface area contributed by atoms with E-state index in [0.717, 1.165) is 11.0 Å². The van der Waals surface area contributed by atoms with E-state index in [1.807, 2.05) is 12.1 Å². The van der Waals surface area contributed by atoms with E-state index in [1.54, 1.807) is 7.11 Å². The van der Waals surface area contributed by atoms with Gasteiger partial charge >= 0.3 is 0 Å². The van der Waals surface area contributed by atoms with Crippen molar-refractivity contribution in [1.82, 2.24) is 5.32 Å². The smallest absolute Gasteiger partial charge is 0.118 e. The van der Waals surface area contributed by atoms with Crippen molar-refractivity contribution in [1.29, 1.82) is 0 Å². The number of benzene rings is 1. The van der Waals surface area contributed by atoms with Crippen molar-refractivity contribution < 1.29 is 4.74 Å². The standard InChI is InChI=1S/C15H23NOS/c1-11(13-6-8-14(17-3)9-7-13)16-15-5-4-10-18-12(15)2/h6-9,11-12,15-16H,4-5,10H2,1-3H3/t11-,12?,15?/m0/s1. The summed E-state index contributed by atoms with van der Waals surface area (Å²) in [6.45, 7) is 4.58. The van der Waals surface area contributed by atoms with E-state index in [9.17, 15) is 0 Å². The molecule has 0 bridgehead atoms. The van der Waals surface area contributed by atoms with Gasteiger partial charge in [0.15, 0.2) is 0 Å². The minimum Gasteiger partial charge on any atom is -0.497 e. The van der Waals surface area contributed by atoms with Crippen molar-refractivity contribution in [3.05, 3.63) is 29.8 Å². The molecular weight excluding hydrogens is 242 g/mol.